The van der Waals surface area contributed by atoms with Crippen LogP contribution in [0.15, 0.2) is 0 Å². The van der Waals surface area contributed by atoms with E-state index < -0.39 is 15.9 Å². The summed E-state index contributed by atoms with van der Waals surface area (Å²) >= 11 is 0. The minimum atomic E-state index is -3.56. The van der Waals surface area contributed by atoms with E-state index in [9.17, 15) is 13.2 Å². The molecule has 9 heteroatoms. The van der Waals surface area contributed by atoms with E-state index in [-0.39, 0.29) is 18.1 Å². The topological polar surface area (TPSA) is 131 Å². The number of hydrogen-bond acceptors (Lipinski definition) is 5. The van der Waals surface area contributed by atoms with Gasteiger partial charge in [-0.3, -0.25) is 9.89 Å². The third-order valence-electron chi connectivity index (χ3n) is 2.34. The lowest BCUT2D eigenvalue weighted by atomic mass is 10.4. The molecule has 0 aliphatic heterocycles. The number of sulfonamides is 1. The second-order valence-electron chi connectivity index (χ2n) is 3.94. The molecule has 0 radical (unpaired) electrons. The number of nitrogens with zero attached hydrogens (tertiary/aromatic N) is 2. The Morgan fingerprint density at radius 1 is 1.53 bits per heavy atom. The molecule has 1 heterocycles. The van der Waals surface area contributed by atoms with Gasteiger partial charge in [-0.2, -0.15) is 0 Å². The summed E-state index contributed by atoms with van der Waals surface area (Å²) in [6.07, 6.45) is 2.11. The van der Waals surface area contributed by atoms with Crippen LogP contribution in [0.5, 0.6) is 0 Å². The molecular formula is C8H13N5O3S. The lowest BCUT2D eigenvalue weighted by molar-refractivity contribution is 0.0946. The molecule has 1 amide bonds. The first-order chi connectivity index (χ1) is 7.96. The van der Waals surface area contributed by atoms with Gasteiger partial charge in [-0.05, 0) is 12.8 Å². The molecule has 0 spiro atoms. The van der Waals surface area contributed by atoms with Crippen LogP contribution in [0, 0.1) is 0 Å². The Hall–Kier alpha value is -1.48. The summed E-state index contributed by atoms with van der Waals surface area (Å²) < 4.78 is 21.3. The van der Waals surface area contributed by atoms with Crippen LogP contribution in [0.3, 0.4) is 0 Å². The summed E-state index contributed by atoms with van der Waals surface area (Å²) in [6, 6.07) is 0. The van der Waals surface area contributed by atoms with Crippen molar-refractivity contribution in [3.8, 4) is 0 Å². The Bertz CT molecular complexity index is 519. The van der Waals surface area contributed by atoms with Crippen LogP contribution in [0.1, 0.15) is 35.2 Å². The van der Waals surface area contributed by atoms with Crippen molar-refractivity contribution < 1.29 is 13.2 Å². The first-order valence-electron chi connectivity index (χ1n) is 5.16. The molecule has 1 fully saturated rings. The number of aromatic nitrogens is 3. The van der Waals surface area contributed by atoms with Crippen molar-refractivity contribution in [2.75, 3.05) is 12.3 Å². The third-order valence-corrected chi connectivity index (χ3v) is 3.12. The van der Waals surface area contributed by atoms with Crippen LogP contribution < -0.4 is 10.5 Å². The van der Waals surface area contributed by atoms with Gasteiger partial charge in [-0.25, -0.2) is 18.5 Å². The molecule has 17 heavy (non-hydrogen) atoms. The van der Waals surface area contributed by atoms with Crippen molar-refractivity contribution in [1.29, 1.82) is 0 Å². The van der Waals surface area contributed by atoms with Gasteiger partial charge in [0, 0.05) is 12.5 Å². The summed E-state index contributed by atoms with van der Waals surface area (Å²) in [5.74, 6) is 0.312. The fourth-order valence-corrected chi connectivity index (χ4v) is 1.69. The van der Waals surface area contributed by atoms with Crippen molar-refractivity contribution in [3.05, 3.63) is 11.6 Å². The predicted molar refractivity (Wildman–Crippen MR) is 58.7 cm³/mol. The molecule has 0 saturated heterocycles. The molecule has 1 aromatic heterocycles. The summed E-state index contributed by atoms with van der Waals surface area (Å²) in [6.45, 7) is -0.0506. The Balaban J connectivity index is 1.86. The Morgan fingerprint density at radius 2 is 2.24 bits per heavy atom. The van der Waals surface area contributed by atoms with E-state index in [1.807, 2.05) is 0 Å². The van der Waals surface area contributed by atoms with E-state index >= 15 is 0 Å². The summed E-state index contributed by atoms with van der Waals surface area (Å²) in [5, 5.41) is 13.6. The van der Waals surface area contributed by atoms with E-state index in [1.54, 1.807) is 0 Å². The number of nitrogens with two attached hydrogens (primary N) is 1. The van der Waals surface area contributed by atoms with Crippen LogP contribution in [-0.2, 0) is 10.0 Å². The normalized spacial score (nSPS) is 15.8. The van der Waals surface area contributed by atoms with Crippen molar-refractivity contribution in [1.82, 2.24) is 20.5 Å². The van der Waals surface area contributed by atoms with E-state index in [2.05, 4.69) is 20.5 Å². The quantitative estimate of drug-likeness (QED) is 0.605. The number of primary sulfonamides is 1. The van der Waals surface area contributed by atoms with Crippen molar-refractivity contribution in [2.45, 2.75) is 18.8 Å². The zero-order valence-electron chi connectivity index (χ0n) is 9.01. The Labute approximate surface area is 98.0 Å². The number of amides is 1. The highest BCUT2D eigenvalue weighted by atomic mass is 32.2. The standard InChI is InChI=1S/C8H13N5O3S/c9-17(15,16)4-3-10-8(14)7-11-6(12-13-7)5-1-2-5/h5H,1-4H2,(H,10,14)(H2,9,15,16)(H,11,12,13). The monoisotopic (exact) mass is 259 g/mol. The van der Waals surface area contributed by atoms with Gasteiger partial charge >= 0.3 is 0 Å². The lowest BCUT2D eigenvalue weighted by Gasteiger charge is -2.00. The average molecular weight is 259 g/mol. The van der Waals surface area contributed by atoms with Crippen LogP contribution in [-0.4, -0.2) is 41.8 Å². The number of aromatic amines is 1. The first-order valence-corrected chi connectivity index (χ1v) is 6.88. The molecule has 4 N–H and O–H groups in total. The average Bonchev–Trinajstić information content (AvgIpc) is 2.94. The Kier molecular flexibility index (Phi) is 3.11. The number of H-pyrrole nitrogens is 1. The molecule has 1 saturated carbocycles. The van der Waals surface area contributed by atoms with Gasteiger partial charge in [0.05, 0.1) is 5.75 Å². The maximum Gasteiger partial charge on any atom is 0.290 e. The van der Waals surface area contributed by atoms with Gasteiger partial charge in [-0.1, -0.05) is 0 Å². The van der Waals surface area contributed by atoms with Crippen LogP contribution in [0.25, 0.3) is 0 Å². The van der Waals surface area contributed by atoms with Crippen molar-refractivity contribution in [2.24, 2.45) is 5.14 Å². The zero-order valence-corrected chi connectivity index (χ0v) is 9.83. The molecule has 0 aromatic carbocycles. The van der Waals surface area contributed by atoms with Crippen LogP contribution in [0.2, 0.25) is 0 Å². The minimum absolute atomic E-state index is 0.0290. The highest BCUT2D eigenvalue weighted by molar-refractivity contribution is 7.89. The maximum atomic E-state index is 11.5. The SMILES string of the molecule is NS(=O)(=O)CCNC(=O)c1n[nH]c(C2CC2)n1. The maximum absolute atomic E-state index is 11.5. The zero-order chi connectivity index (χ0) is 12.5. The highest BCUT2D eigenvalue weighted by Gasteiger charge is 2.28. The lowest BCUT2D eigenvalue weighted by Crippen LogP contribution is -2.32. The van der Waals surface area contributed by atoms with E-state index in [1.165, 1.54) is 0 Å². The van der Waals surface area contributed by atoms with Crippen LogP contribution in [0.4, 0.5) is 0 Å². The third kappa shape index (κ3) is 3.49. The molecule has 8 nitrogen and oxygen atoms in total. The number of nitrogens with one attached hydrogen (secondary N) is 2. The smallest absolute Gasteiger partial charge is 0.290 e. The molecule has 1 aromatic rings. The second-order valence-corrected chi connectivity index (χ2v) is 5.68. The van der Waals surface area contributed by atoms with Gasteiger partial charge in [0.2, 0.25) is 15.8 Å². The first kappa shape index (κ1) is 12.0. The van der Waals surface area contributed by atoms with Gasteiger partial charge in [0.15, 0.2) is 0 Å². The summed E-state index contributed by atoms with van der Waals surface area (Å²) in [4.78, 5) is 15.5. The minimum Gasteiger partial charge on any atom is -0.348 e. The number of hydrogen-bond donors (Lipinski definition) is 3. The molecule has 1 aliphatic carbocycles. The molecular weight excluding hydrogens is 246 g/mol. The number of rotatable bonds is 5. The molecule has 2 rings (SSSR count). The van der Waals surface area contributed by atoms with Gasteiger partial charge < -0.3 is 5.32 Å². The molecule has 1 aliphatic rings. The predicted octanol–water partition coefficient (Wildman–Crippen LogP) is -1.30. The van der Waals surface area contributed by atoms with E-state index in [4.69, 9.17) is 5.14 Å². The molecule has 0 bridgehead atoms. The van der Waals surface area contributed by atoms with Gasteiger partial charge in [0.1, 0.15) is 5.82 Å². The second kappa shape index (κ2) is 4.41. The van der Waals surface area contributed by atoms with Gasteiger partial charge in [0.25, 0.3) is 5.91 Å². The fourth-order valence-electron chi connectivity index (χ4n) is 1.30. The number of carbonyl (C=O) groups is 1. The fraction of sp³-hybridized carbons (Fsp3) is 0.625. The molecule has 94 valence electrons. The van der Waals surface area contributed by atoms with Crippen molar-refractivity contribution in [3.63, 3.8) is 0 Å². The molecule has 0 atom stereocenters. The molecule has 0 unspecified atom stereocenters. The van der Waals surface area contributed by atoms with Gasteiger partial charge in [-0.15, -0.1) is 5.10 Å². The number of carbonyl (C=O) groups excluding carboxylic acids is 1. The summed E-state index contributed by atoms with van der Waals surface area (Å²) in [5.41, 5.74) is 0. The van der Waals surface area contributed by atoms with E-state index in [0.29, 0.717) is 11.7 Å². The van der Waals surface area contributed by atoms with E-state index in [0.717, 1.165) is 12.8 Å². The van der Waals surface area contributed by atoms with Crippen LogP contribution >= 0.6 is 0 Å². The Morgan fingerprint density at radius 3 is 2.82 bits per heavy atom. The summed E-state index contributed by atoms with van der Waals surface area (Å²) in [7, 11) is -3.56. The highest BCUT2D eigenvalue weighted by Crippen LogP contribution is 2.37. The van der Waals surface area contributed by atoms with Crippen molar-refractivity contribution >= 4 is 15.9 Å². The largest absolute Gasteiger partial charge is 0.348 e.